The van der Waals surface area contributed by atoms with Crippen LogP contribution in [0.25, 0.3) is 10.8 Å². The van der Waals surface area contributed by atoms with Gasteiger partial charge >= 0.3 is 12.6 Å². The summed E-state index contributed by atoms with van der Waals surface area (Å²) in [6.07, 6.45) is 6.60. The number of nitrogens with zero attached hydrogens (tertiary/aromatic N) is 1. The highest BCUT2D eigenvalue weighted by Gasteiger charge is 2.47. The highest BCUT2D eigenvalue weighted by Crippen LogP contribution is 2.51. The lowest BCUT2D eigenvalue weighted by Gasteiger charge is -2.48. The Balaban J connectivity index is 1.41. The van der Waals surface area contributed by atoms with Crippen molar-refractivity contribution < 1.29 is 23.0 Å². The third kappa shape index (κ3) is 3.73. The van der Waals surface area contributed by atoms with Gasteiger partial charge in [0.05, 0.1) is 11.7 Å². The Labute approximate surface area is 177 Å². The molecular formula is C23H21F2N3O3. The molecule has 1 aromatic heterocycles. The molecule has 160 valence electrons. The van der Waals surface area contributed by atoms with E-state index in [-0.39, 0.29) is 23.6 Å². The molecule has 2 heterocycles. The molecule has 5 rings (SSSR count). The smallest absolute Gasteiger partial charge is 0.387 e. The summed E-state index contributed by atoms with van der Waals surface area (Å²) in [6.45, 7) is -2.95. The lowest BCUT2D eigenvalue weighted by atomic mass is 9.73. The van der Waals surface area contributed by atoms with E-state index in [1.807, 2.05) is 24.3 Å². The second kappa shape index (κ2) is 7.68. The number of fused-ring (bicyclic) bond motifs is 2. The molecule has 2 amide bonds. The van der Waals surface area contributed by atoms with Gasteiger partial charge in [-0.05, 0) is 37.5 Å². The number of aromatic nitrogens is 1. The number of carbonyl (C=O) groups is 1. The molecule has 1 spiro atoms. The minimum Gasteiger partial charge on any atom is -0.483 e. The van der Waals surface area contributed by atoms with Gasteiger partial charge in [-0.1, -0.05) is 24.3 Å². The standard InChI is InChI=1S/C23H21F2N3O3/c24-21(25)30-19-7-2-5-16-18(12-23(9-3-10-23)31-20(16)19)28-22(29)27-17-6-1-4-14-13-26-11-8-15(14)17/h1-2,4-8,11,13,18,21H,3,9-10,12H2,(H2,27,28,29). The quantitative estimate of drug-likeness (QED) is 0.587. The zero-order valence-corrected chi connectivity index (χ0v) is 16.6. The maximum Gasteiger partial charge on any atom is 0.387 e. The molecule has 1 fully saturated rings. The first kappa shape index (κ1) is 19.5. The zero-order chi connectivity index (χ0) is 21.4. The number of rotatable bonds is 4. The fourth-order valence-electron chi connectivity index (χ4n) is 4.40. The number of halogens is 2. The van der Waals surface area contributed by atoms with Crippen LogP contribution in [0.4, 0.5) is 19.3 Å². The third-order valence-corrected chi connectivity index (χ3v) is 5.99. The summed E-state index contributed by atoms with van der Waals surface area (Å²) in [4.78, 5) is 17.0. The molecule has 3 aromatic rings. The average Bonchev–Trinajstić information content (AvgIpc) is 2.73. The van der Waals surface area contributed by atoms with E-state index in [9.17, 15) is 13.6 Å². The predicted molar refractivity (Wildman–Crippen MR) is 112 cm³/mol. The molecule has 31 heavy (non-hydrogen) atoms. The number of alkyl halides is 2. The summed E-state index contributed by atoms with van der Waals surface area (Å²) in [5.41, 5.74) is 0.836. The number of carbonyl (C=O) groups excluding carboxylic acids is 1. The van der Waals surface area contributed by atoms with Gasteiger partial charge in [0, 0.05) is 35.2 Å². The van der Waals surface area contributed by atoms with Gasteiger partial charge in [-0.25, -0.2) is 4.79 Å². The minimum absolute atomic E-state index is 0.00719. The summed E-state index contributed by atoms with van der Waals surface area (Å²) >= 11 is 0. The van der Waals surface area contributed by atoms with Gasteiger partial charge in [-0.15, -0.1) is 0 Å². The summed E-state index contributed by atoms with van der Waals surface area (Å²) < 4.78 is 36.6. The molecule has 1 aliphatic carbocycles. The van der Waals surface area contributed by atoms with Gasteiger partial charge in [0.25, 0.3) is 0 Å². The number of urea groups is 1. The van der Waals surface area contributed by atoms with Gasteiger partial charge in [0.15, 0.2) is 11.5 Å². The van der Waals surface area contributed by atoms with Gasteiger partial charge < -0.3 is 20.1 Å². The van der Waals surface area contributed by atoms with E-state index in [4.69, 9.17) is 4.74 Å². The fraction of sp³-hybridized carbons (Fsp3) is 0.304. The van der Waals surface area contributed by atoms with Crippen LogP contribution >= 0.6 is 0 Å². The fourth-order valence-corrected chi connectivity index (χ4v) is 4.40. The number of anilines is 1. The largest absolute Gasteiger partial charge is 0.483 e. The van der Waals surface area contributed by atoms with E-state index in [1.165, 1.54) is 6.07 Å². The van der Waals surface area contributed by atoms with E-state index in [1.54, 1.807) is 24.5 Å². The van der Waals surface area contributed by atoms with Crippen molar-refractivity contribution in [1.29, 1.82) is 0 Å². The van der Waals surface area contributed by atoms with Crippen LogP contribution < -0.4 is 20.1 Å². The van der Waals surface area contributed by atoms with Gasteiger partial charge in [-0.2, -0.15) is 8.78 Å². The maximum atomic E-state index is 12.9. The number of ether oxygens (including phenoxy) is 2. The molecule has 2 aliphatic rings. The number of nitrogens with one attached hydrogen (secondary N) is 2. The topological polar surface area (TPSA) is 72.5 Å². The van der Waals surface area contributed by atoms with Crippen molar-refractivity contribution in [3.63, 3.8) is 0 Å². The maximum absolute atomic E-state index is 12.9. The number of hydrogen-bond donors (Lipinski definition) is 2. The highest BCUT2D eigenvalue weighted by molar-refractivity contribution is 6.01. The molecule has 1 unspecified atom stereocenters. The summed E-state index contributed by atoms with van der Waals surface area (Å²) in [6, 6.07) is 11.5. The molecule has 2 N–H and O–H groups in total. The minimum atomic E-state index is -2.95. The number of benzene rings is 2. The lowest BCUT2D eigenvalue weighted by Crippen LogP contribution is -2.50. The van der Waals surface area contributed by atoms with Crippen molar-refractivity contribution in [2.24, 2.45) is 0 Å². The predicted octanol–water partition coefficient (Wildman–Crippen LogP) is 5.40. The van der Waals surface area contributed by atoms with E-state index >= 15 is 0 Å². The molecule has 0 radical (unpaired) electrons. The van der Waals surface area contributed by atoms with E-state index in [2.05, 4.69) is 20.4 Å². The van der Waals surface area contributed by atoms with Crippen molar-refractivity contribution in [3.05, 3.63) is 60.4 Å². The summed E-state index contributed by atoms with van der Waals surface area (Å²) in [5, 5.41) is 7.70. The molecule has 1 atom stereocenters. The van der Waals surface area contributed by atoms with E-state index < -0.39 is 12.2 Å². The van der Waals surface area contributed by atoms with Crippen molar-refractivity contribution in [2.75, 3.05) is 5.32 Å². The third-order valence-electron chi connectivity index (χ3n) is 5.99. The Morgan fingerprint density at radius 2 is 2.03 bits per heavy atom. The molecule has 1 saturated carbocycles. The van der Waals surface area contributed by atoms with Crippen molar-refractivity contribution >= 4 is 22.5 Å². The molecule has 2 aromatic carbocycles. The van der Waals surface area contributed by atoms with Crippen LogP contribution in [-0.4, -0.2) is 23.2 Å². The van der Waals surface area contributed by atoms with Crippen LogP contribution in [0, 0.1) is 0 Å². The Kier molecular flexibility index (Phi) is 4.84. The Hall–Kier alpha value is -3.42. The highest BCUT2D eigenvalue weighted by atomic mass is 19.3. The monoisotopic (exact) mass is 425 g/mol. The van der Waals surface area contributed by atoms with Crippen LogP contribution in [0.2, 0.25) is 0 Å². The number of pyridine rings is 1. The normalized spacial score (nSPS) is 18.7. The van der Waals surface area contributed by atoms with E-state index in [0.717, 1.165) is 30.0 Å². The van der Waals surface area contributed by atoms with Gasteiger partial charge in [0.2, 0.25) is 0 Å². The lowest BCUT2D eigenvalue weighted by molar-refractivity contribution is -0.0653. The molecule has 0 saturated heterocycles. The number of amides is 2. The van der Waals surface area contributed by atoms with Crippen LogP contribution in [0.3, 0.4) is 0 Å². The number of hydrogen-bond acceptors (Lipinski definition) is 4. The Bertz CT molecular complexity index is 1130. The second-order valence-electron chi connectivity index (χ2n) is 7.95. The summed E-state index contributed by atoms with van der Waals surface area (Å²) in [7, 11) is 0. The first-order valence-electron chi connectivity index (χ1n) is 10.2. The summed E-state index contributed by atoms with van der Waals surface area (Å²) in [5.74, 6) is 0.280. The Morgan fingerprint density at radius 1 is 1.19 bits per heavy atom. The molecule has 0 bridgehead atoms. The second-order valence-corrected chi connectivity index (χ2v) is 7.95. The SMILES string of the molecule is O=C(Nc1cccc2cnccc12)NC1CC2(CCC2)Oc2c(OC(F)F)cccc21. The van der Waals surface area contributed by atoms with E-state index in [0.29, 0.717) is 17.7 Å². The van der Waals surface area contributed by atoms with Crippen molar-refractivity contribution in [2.45, 2.75) is 43.9 Å². The van der Waals surface area contributed by atoms with Crippen LogP contribution in [-0.2, 0) is 0 Å². The first-order chi connectivity index (χ1) is 15.0. The zero-order valence-electron chi connectivity index (χ0n) is 16.6. The van der Waals surface area contributed by atoms with Gasteiger partial charge in [-0.3, -0.25) is 4.98 Å². The first-order valence-corrected chi connectivity index (χ1v) is 10.2. The molecule has 6 nitrogen and oxygen atoms in total. The van der Waals surface area contributed by atoms with Crippen LogP contribution in [0.5, 0.6) is 11.5 Å². The molecular weight excluding hydrogens is 404 g/mol. The van der Waals surface area contributed by atoms with Crippen molar-refractivity contribution in [3.8, 4) is 11.5 Å². The number of para-hydroxylation sites is 1. The molecule has 1 aliphatic heterocycles. The van der Waals surface area contributed by atoms with Crippen molar-refractivity contribution in [1.82, 2.24) is 10.3 Å². The molecule has 8 heteroatoms. The Morgan fingerprint density at radius 3 is 2.81 bits per heavy atom. The van der Waals surface area contributed by atoms with Gasteiger partial charge in [0.1, 0.15) is 5.60 Å². The average molecular weight is 425 g/mol. The van der Waals surface area contributed by atoms with Crippen LogP contribution in [0.1, 0.15) is 37.3 Å². The van der Waals surface area contributed by atoms with Crippen LogP contribution in [0.15, 0.2) is 54.9 Å².